The van der Waals surface area contributed by atoms with Gasteiger partial charge >= 0.3 is 0 Å². The maximum absolute atomic E-state index is 12.7. The van der Waals surface area contributed by atoms with Crippen LogP contribution in [0.2, 0.25) is 5.02 Å². The summed E-state index contributed by atoms with van der Waals surface area (Å²) in [5.74, 6) is -0.813. The van der Waals surface area contributed by atoms with E-state index in [0.717, 1.165) is 85.7 Å². The normalized spacial score (nSPS) is 12.7. The Morgan fingerprint density at radius 3 is 2.36 bits per heavy atom. The Bertz CT molecular complexity index is 1300. The maximum atomic E-state index is 12.7. The third-order valence-electron chi connectivity index (χ3n) is 7.78. The number of benzene rings is 2. The molecular formula is C37H54ClF2N5. The number of aryl methyl sites for hydroxylation is 3. The van der Waals surface area contributed by atoms with E-state index in [1.54, 1.807) is 12.1 Å². The Morgan fingerprint density at radius 2 is 1.73 bits per heavy atom. The van der Waals surface area contributed by atoms with Crippen LogP contribution in [0, 0.1) is 6.92 Å². The van der Waals surface area contributed by atoms with Crippen molar-refractivity contribution in [3.63, 3.8) is 0 Å². The van der Waals surface area contributed by atoms with Crippen molar-refractivity contribution in [2.75, 3.05) is 19.6 Å². The number of aromatic nitrogens is 3. The van der Waals surface area contributed by atoms with Crippen LogP contribution in [0.25, 0.3) is 5.69 Å². The summed E-state index contributed by atoms with van der Waals surface area (Å²) >= 11 is 6.16. The zero-order valence-corrected chi connectivity index (χ0v) is 28.9. The van der Waals surface area contributed by atoms with E-state index in [1.807, 2.05) is 52.0 Å². The van der Waals surface area contributed by atoms with Gasteiger partial charge in [-0.05, 0) is 75.6 Å². The molecule has 0 spiro atoms. The third-order valence-corrected chi connectivity index (χ3v) is 8.01. The van der Waals surface area contributed by atoms with Gasteiger partial charge in [0.2, 0.25) is 0 Å². The SMILES string of the molecule is C=C(CCCCCCc1nnc(C)n1-c1cccc(Cl)c1)NCCCN1CCCC1=C.CC.CCc1ccc(C(C)(F)F)cc1. The summed E-state index contributed by atoms with van der Waals surface area (Å²) in [4.78, 5) is 2.42. The van der Waals surface area contributed by atoms with E-state index >= 15 is 0 Å². The molecule has 0 unspecified atom stereocenters. The number of alkyl halides is 2. The lowest BCUT2D eigenvalue weighted by Gasteiger charge is -2.19. The zero-order valence-electron chi connectivity index (χ0n) is 28.1. The van der Waals surface area contributed by atoms with Gasteiger partial charge in [0.05, 0.1) is 5.69 Å². The lowest BCUT2D eigenvalue weighted by atomic mass is 10.1. The molecule has 0 aliphatic carbocycles. The molecule has 1 aliphatic heterocycles. The summed E-state index contributed by atoms with van der Waals surface area (Å²) in [6.45, 7) is 20.5. The second-order valence-electron chi connectivity index (χ2n) is 11.4. The van der Waals surface area contributed by atoms with Gasteiger partial charge in [-0.3, -0.25) is 4.57 Å². The molecule has 0 radical (unpaired) electrons. The molecule has 8 heteroatoms. The number of hydrogen-bond acceptors (Lipinski definition) is 4. The van der Waals surface area contributed by atoms with Gasteiger partial charge in [0.15, 0.2) is 0 Å². The first-order valence-corrected chi connectivity index (χ1v) is 16.9. The second kappa shape index (κ2) is 20.0. The van der Waals surface area contributed by atoms with Crippen LogP contribution in [0.4, 0.5) is 8.78 Å². The molecule has 0 bridgehead atoms. The molecule has 0 atom stereocenters. The monoisotopic (exact) mass is 641 g/mol. The topological polar surface area (TPSA) is 46.0 Å². The standard InChI is InChI=1S/C25H36ClN5.C10H12F2.C2H6/c1-20(27-16-10-18-30-17-9-12-21(30)2)11-6-4-5-7-15-25-29-28-22(3)31(25)24-14-8-13-23(26)19-24;1-3-8-4-6-9(7-5-8)10(2,11)12;1-2/h8,13-14,19,27H,1-2,4-7,9-12,15-18H2,3H3;4-7H,3H2,1-2H3;1-2H3. The first-order chi connectivity index (χ1) is 21.6. The number of allylic oxidation sites excluding steroid dienone is 2. The van der Waals surface area contributed by atoms with E-state index in [-0.39, 0.29) is 5.56 Å². The van der Waals surface area contributed by atoms with Crippen molar-refractivity contribution in [3.8, 4) is 5.69 Å². The van der Waals surface area contributed by atoms with Crippen LogP contribution < -0.4 is 5.32 Å². The highest BCUT2D eigenvalue weighted by atomic mass is 35.5. The molecular weight excluding hydrogens is 588 g/mol. The van der Waals surface area contributed by atoms with Crippen molar-refractivity contribution in [2.45, 2.75) is 105 Å². The predicted molar refractivity (Wildman–Crippen MR) is 186 cm³/mol. The number of rotatable bonds is 15. The highest BCUT2D eigenvalue weighted by Gasteiger charge is 2.23. The van der Waals surface area contributed by atoms with Gasteiger partial charge in [-0.2, -0.15) is 0 Å². The summed E-state index contributed by atoms with van der Waals surface area (Å²) < 4.78 is 27.5. The minimum absolute atomic E-state index is 0.0831. The van der Waals surface area contributed by atoms with E-state index in [4.69, 9.17) is 11.6 Å². The number of nitrogens with one attached hydrogen (secondary N) is 1. The first kappa shape index (κ1) is 38.0. The molecule has 1 fully saturated rings. The Labute approximate surface area is 275 Å². The molecule has 2 heterocycles. The van der Waals surface area contributed by atoms with E-state index in [1.165, 1.54) is 56.5 Å². The number of hydrogen-bond donors (Lipinski definition) is 1. The van der Waals surface area contributed by atoms with Crippen LogP contribution in [0.3, 0.4) is 0 Å². The Kier molecular flexibility index (Phi) is 16.9. The first-order valence-electron chi connectivity index (χ1n) is 16.6. The molecule has 45 heavy (non-hydrogen) atoms. The van der Waals surface area contributed by atoms with Gasteiger partial charge in [0, 0.05) is 55.0 Å². The summed E-state index contributed by atoms with van der Waals surface area (Å²) in [6, 6.07) is 14.3. The van der Waals surface area contributed by atoms with Crippen LogP contribution in [-0.4, -0.2) is 39.3 Å². The second-order valence-corrected chi connectivity index (χ2v) is 11.8. The van der Waals surface area contributed by atoms with E-state index in [2.05, 4.69) is 38.1 Å². The summed E-state index contributed by atoms with van der Waals surface area (Å²) in [5, 5.41) is 12.9. The van der Waals surface area contributed by atoms with E-state index < -0.39 is 5.92 Å². The number of nitrogens with zero attached hydrogens (tertiary/aromatic N) is 4. The summed E-state index contributed by atoms with van der Waals surface area (Å²) in [7, 11) is 0. The average Bonchev–Trinajstić information content (AvgIpc) is 3.62. The van der Waals surface area contributed by atoms with E-state index in [0.29, 0.717) is 0 Å². The minimum Gasteiger partial charge on any atom is -0.389 e. The fourth-order valence-corrected chi connectivity index (χ4v) is 5.40. The van der Waals surface area contributed by atoms with Gasteiger partial charge in [0.25, 0.3) is 5.92 Å². The molecule has 3 aromatic rings. The number of unbranched alkanes of at least 4 members (excludes halogenated alkanes) is 3. The molecule has 4 rings (SSSR count). The predicted octanol–water partition coefficient (Wildman–Crippen LogP) is 10.2. The van der Waals surface area contributed by atoms with Gasteiger partial charge in [0.1, 0.15) is 11.6 Å². The highest BCUT2D eigenvalue weighted by Crippen LogP contribution is 2.27. The average molecular weight is 642 g/mol. The highest BCUT2D eigenvalue weighted by molar-refractivity contribution is 6.30. The lowest BCUT2D eigenvalue weighted by molar-refractivity contribution is 0.0174. The molecule has 0 saturated carbocycles. The van der Waals surface area contributed by atoms with Gasteiger partial charge in [-0.25, -0.2) is 8.78 Å². The van der Waals surface area contributed by atoms with Crippen LogP contribution in [0.5, 0.6) is 0 Å². The zero-order chi connectivity index (χ0) is 33.2. The van der Waals surface area contributed by atoms with Crippen molar-refractivity contribution in [1.29, 1.82) is 0 Å². The molecule has 248 valence electrons. The van der Waals surface area contributed by atoms with Crippen molar-refractivity contribution >= 4 is 11.6 Å². The van der Waals surface area contributed by atoms with Crippen molar-refractivity contribution < 1.29 is 8.78 Å². The minimum atomic E-state index is -2.72. The molecule has 1 saturated heterocycles. The van der Waals surface area contributed by atoms with Crippen LogP contribution in [-0.2, 0) is 18.8 Å². The summed E-state index contributed by atoms with van der Waals surface area (Å²) in [6.07, 6.45) is 11.1. The van der Waals surface area contributed by atoms with Crippen LogP contribution >= 0.6 is 11.6 Å². The fourth-order valence-electron chi connectivity index (χ4n) is 5.21. The third kappa shape index (κ3) is 13.4. The Hall–Kier alpha value is -3.19. The van der Waals surface area contributed by atoms with E-state index in [9.17, 15) is 8.78 Å². The molecule has 0 amide bonds. The van der Waals surface area contributed by atoms with Crippen LogP contribution in [0.1, 0.15) is 102 Å². The molecule has 2 aromatic carbocycles. The fraction of sp³-hybridized carbons (Fsp3) is 0.514. The van der Waals surface area contributed by atoms with Crippen molar-refractivity contribution in [3.05, 3.63) is 101 Å². The van der Waals surface area contributed by atoms with Gasteiger partial charge < -0.3 is 10.2 Å². The molecule has 1 aromatic heterocycles. The van der Waals surface area contributed by atoms with Crippen molar-refractivity contribution in [2.24, 2.45) is 0 Å². The Balaban J connectivity index is 0.000000421. The number of halogens is 3. The quantitative estimate of drug-likeness (QED) is 0.168. The number of likely N-dealkylation sites (tertiary alicyclic amines) is 1. The molecule has 1 N–H and O–H groups in total. The Morgan fingerprint density at radius 1 is 1.02 bits per heavy atom. The molecule has 1 aliphatic rings. The maximum Gasteiger partial charge on any atom is 0.270 e. The summed E-state index contributed by atoms with van der Waals surface area (Å²) in [5.41, 5.74) is 4.67. The molecule has 5 nitrogen and oxygen atoms in total. The van der Waals surface area contributed by atoms with Gasteiger partial charge in [-0.15, -0.1) is 10.2 Å². The smallest absolute Gasteiger partial charge is 0.270 e. The lowest BCUT2D eigenvalue weighted by Crippen LogP contribution is -2.23. The van der Waals surface area contributed by atoms with Crippen molar-refractivity contribution in [1.82, 2.24) is 25.0 Å². The van der Waals surface area contributed by atoms with Crippen LogP contribution in [0.15, 0.2) is 73.1 Å². The van der Waals surface area contributed by atoms with Gasteiger partial charge in [-0.1, -0.05) is 88.7 Å². The largest absolute Gasteiger partial charge is 0.389 e.